The second-order valence-electron chi connectivity index (χ2n) is 22.4. The molecule has 654 valence electrons. The molecule has 48 nitrogen and oxygen atoms in total. The van der Waals surface area contributed by atoms with Gasteiger partial charge >= 0.3 is 131 Å². The van der Waals surface area contributed by atoms with E-state index in [0.29, 0.717) is 0 Å². The van der Waals surface area contributed by atoms with Crippen molar-refractivity contribution < 1.29 is 229 Å². The van der Waals surface area contributed by atoms with Crippen LogP contribution >= 0.6 is 0 Å². The third-order valence-corrected chi connectivity index (χ3v) is 12.7. The van der Waals surface area contributed by atoms with Gasteiger partial charge in [-0.1, -0.05) is 6.92 Å². The average Bonchev–Trinajstić information content (AvgIpc) is 0.960. The van der Waals surface area contributed by atoms with Crippen molar-refractivity contribution in [2.45, 2.75) is 150 Å². The van der Waals surface area contributed by atoms with Crippen molar-refractivity contribution in [2.24, 2.45) is 5.92 Å². The second kappa shape index (κ2) is 61.8. The van der Waals surface area contributed by atoms with Crippen LogP contribution in [0.3, 0.4) is 0 Å². The summed E-state index contributed by atoms with van der Waals surface area (Å²) in [5.41, 5.74) is 0. The van der Waals surface area contributed by atoms with E-state index in [1.165, 1.54) is 31.2 Å². The molecule has 0 saturated carbocycles. The van der Waals surface area contributed by atoms with Crippen LogP contribution < -0.4 is 0 Å². The fourth-order valence-electron chi connectivity index (χ4n) is 7.03. The first-order valence-electron chi connectivity index (χ1n) is 34.6. The van der Waals surface area contributed by atoms with Crippen LogP contribution in [0.2, 0.25) is 0 Å². The van der Waals surface area contributed by atoms with Crippen LogP contribution in [0.1, 0.15) is 113 Å². The van der Waals surface area contributed by atoms with E-state index >= 15 is 0 Å². The number of hydrogen-bond donors (Lipinski definition) is 0. The highest BCUT2D eigenvalue weighted by Crippen LogP contribution is 2.11. The van der Waals surface area contributed by atoms with E-state index in [9.17, 15) is 110 Å². The molecule has 0 aromatic heterocycles. The molecule has 0 spiro atoms. The summed E-state index contributed by atoms with van der Waals surface area (Å²) in [6.07, 6.45) is -11.8. The molecule has 7 unspecified atom stereocenters. The average molecular weight is 1690 g/mol. The molecule has 0 N–H and O–H groups in total. The summed E-state index contributed by atoms with van der Waals surface area (Å²) >= 11 is 0. The summed E-state index contributed by atoms with van der Waals surface area (Å²) in [7, 11) is 1.03. The Morgan fingerprint density at radius 2 is 0.470 bits per heavy atom. The first kappa shape index (κ1) is 104. The van der Waals surface area contributed by atoms with Gasteiger partial charge in [-0.2, -0.15) is 0 Å². The molecule has 0 saturated heterocycles. The number of carbonyl (C=O) groups excluding carboxylic acids is 23. The highest BCUT2D eigenvalue weighted by Gasteiger charge is 2.30. The molecule has 117 heavy (non-hydrogen) atoms. The summed E-state index contributed by atoms with van der Waals surface area (Å²) in [4.78, 5) is 276. The van der Waals surface area contributed by atoms with E-state index < -0.39 is 278 Å². The third-order valence-electron chi connectivity index (χ3n) is 12.7. The van der Waals surface area contributed by atoms with Gasteiger partial charge in [0.15, 0.2) is 43.4 Å². The van der Waals surface area contributed by atoms with Crippen LogP contribution in [0.4, 0.5) is 0 Å². The Morgan fingerprint density at radius 3 is 0.778 bits per heavy atom. The van der Waals surface area contributed by atoms with Gasteiger partial charge in [-0.3, -0.25) is 81.5 Å². The van der Waals surface area contributed by atoms with E-state index in [1.54, 1.807) is 6.92 Å². The highest BCUT2D eigenvalue weighted by atomic mass is 16.7. The molecule has 48 heteroatoms. The fourth-order valence-corrected chi connectivity index (χ4v) is 7.03. The standard InChI is InChI=1S/C69H90O48/c1-10-94-36-105-54(77)33-60(83)116-45(7)69(92)111-38-107-55(78)34-61(84)112-41(3)64(87)102-18-14-12-16-98-50(73)30-57(80)113-42(4)65(88)104-26-22-96-20-24-100-52(75)32-59(82)114-43(5)66(89)103-25-21-95-19-23-99-49(72)28-47(70)27-40(2)63(86)101-17-13-11-15-97-51(74)31-58(81)115-44(6)67(90)110-39-108-56(79)35-62(85)117-46(8)68(91)109-37-106-53(76)29-48(71)93-9/h11-14,40-46H,10,15-39H2,1-9H3/b13-11-,14-12-. The largest absolute Gasteiger partial charge is 0.469 e. The third kappa shape index (κ3) is 55.5. The normalized spacial score (nSPS) is 12.4. The Balaban J connectivity index is 4.18. The molecular formula is C69H90O48. The maximum absolute atomic E-state index is 12.4. The summed E-state index contributed by atoms with van der Waals surface area (Å²) in [6, 6.07) is 0. The lowest BCUT2D eigenvalue weighted by Gasteiger charge is -2.13. The van der Waals surface area contributed by atoms with E-state index in [1.807, 2.05) is 0 Å². The van der Waals surface area contributed by atoms with Crippen LogP contribution in [0.15, 0.2) is 24.3 Å². The van der Waals surface area contributed by atoms with E-state index in [4.69, 9.17) is 75.8 Å². The molecule has 0 heterocycles. The zero-order valence-electron chi connectivity index (χ0n) is 64.8. The molecule has 0 aliphatic rings. The van der Waals surface area contributed by atoms with Crippen molar-refractivity contribution in [3.63, 3.8) is 0 Å². The Bertz CT molecular complexity index is 3440. The van der Waals surface area contributed by atoms with Crippen molar-refractivity contribution in [1.82, 2.24) is 0 Å². The van der Waals surface area contributed by atoms with Crippen molar-refractivity contribution in [2.75, 3.05) is 120 Å². The number of esters is 22. The lowest BCUT2D eigenvalue weighted by atomic mass is 10.0. The molecule has 0 aliphatic heterocycles. The maximum Gasteiger partial charge on any atom is 0.350 e. The summed E-state index contributed by atoms with van der Waals surface area (Å²) in [6.45, 7) is 2.69. The second-order valence-corrected chi connectivity index (χ2v) is 22.4. The van der Waals surface area contributed by atoms with Crippen molar-refractivity contribution >= 4 is 137 Å². The van der Waals surface area contributed by atoms with Crippen LogP contribution in [-0.4, -0.2) is 294 Å². The molecule has 0 aromatic rings. The molecule has 7 atom stereocenters. The minimum atomic E-state index is -1.62. The lowest BCUT2D eigenvalue weighted by molar-refractivity contribution is -0.184. The first-order valence-corrected chi connectivity index (χ1v) is 34.6. The van der Waals surface area contributed by atoms with Gasteiger partial charge in [0.25, 0.3) is 0 Å². The van der Waals surface area contributed by atoms with Gasteiger partial charge in [-0.25, -0.2) is 28.8 Å². The Kier molecular flexibility index (Phi) is 55.2. The number of ketones is 1. The van der Waals surface area contributed by atoms with E-state index in [0.717, 1.165) is 48.7 Å². The number of Topliss-reactive ketones (excluding diaryl/α,β-unsaturated/α-hetero) is 1. The predicted molar refractivity (Wildman–Crippen MR) is 362 cm³/mol. The minimum absolute atomic E-state index is 0.201. The Morgan fingerprint density at radius 1 is 0.231 bits per heavy atom. The summed E-state index contributed by atoms with van der Waals surface area (Å²) < 4.78 is 119. The van der Waals surface area contributed by atoms with Crippen molar-refractivity contribution in [3.05, 3.63) is 24.3 Å². The maximum atomic E-state index is 12.4. The Labute approximate surface area is 664 Å². The number of hydrogen-bond acceptors (Lipinski definition) is 48. The topological polar surface area (TPSA) is 623 Å². The molecular weight excluding hydrogens is 1600 g/mol. The van der Waals surface area contributed by atoms with Gasteiger partial charge in [-0.05, 0) is 72.8 Å². The van der Waals surface area contributed by atoms with Gasteiger partial charge in [0.05, 0.1) is 39.5 Å². The molecule has 0 aliphatic carbocycles. The molecule has 0 rings (SSSR count). The van der Waals surface area contributed by atoms with Crippen LogP contribution in [0.25, 0.3) is 0 Å². The highest BCUT2D eigenvalue weighted by molar-refractivity contribution is 5.98. The SMILES string of the molecule is CCOCOC(=O)CC(=O)OC(C)C(=O)OCOC(=O)CC(=O)OC(C)C(=O)OC/C=C\COC(=O)CC(=O)OC(C)C(=O)OCCOCCOC(=O)CC(=O)OC(C)C(=O)OCCOCCOC(=O)CC(=O)CC(C)C(=O)OC/C=C\COC(=O)CC(=O)OC(C)C(=O)OCOC(=O)CC(=O)OC(C)C(=O)OCOC(=O)CC(=O)OC. The van der Waals surface area contributed by atoms with Crippen molar-refractivity contribution in [1.29, 1.82) is 0 Å². The zero-order chi connectivity index (χ0) is 88.2. The van der Waals surface area contributed by atoms with Gasteiger partial charge in [0, 0.05) is 13.0 Å². The smallest absolute Gasteiger partial charge is 0.350 e. The van der Waals surface area contributed by atoms with Gasteiger partial charge in [-0.15, -0.1) is 0 Å². The van der Waals surface area contributed by atoms with Crippen LogP contribution in [0, 0.1) is 5.92 Å². The van der Waals surface area contributed by atoms with Gasteiger partial charge in [0.2, 0.25) is 20.4 Å². The Hall–Kier alpha value is -12.6. The van der Waals surface area contributed by atoms with Crippen molar-refractivity contribution in [3.8, 4) is 0 Å². The number of methoxy groups -OCH3 is 1. The molecule has 0 radical (unpaired) electrons. The number of ether oxygens (including phenoxy) is 25. The molecule has 0 aromatic carbocycles. The fraction of sp³-hybridized carbons (Fsp3) is 0.609. The van der Waals surface area contributed by atoms with Gasteiger partial charge in [0.1, 0.15) is 110 Å². The first-order chi connectivity index (χ1) is 55.3. The predicted octanol–water partition coefficient (Wildman–Crippen LogP) is -2.37. The summed E-state index contributed by atoms with van der Waals surface area (Å²) in [5, 5.41) is 0. The monoisotopic (exact) mass is 1690 g/mol. The zero-order valence-corrected chi connectivity index (χ0v) is 64.8. The number of carbonyl (C=O) groups is 23. The van der Waals surface area contributed by atoms with Gasteiger partial charge < -0.3 is 118 Å². The quantitative estimate of drug-likeness (QED) is 0.0153. The summed E-state index contributed by atoms with van der Waals surface area (Å²) in [5.74, 6) is -26.0. The van der Waals surface area contributed by atoms with Crippen LogP contribution in [0.5, 0.6) is 0 Å². The van der Waals surface area contributed by atoms with E-state index in [-0.39, 0.29) is 72.9 Å². The molecule has 0 fully saturated rings. The lowest BCUT2D eigenvalue weighted by Crippen LogP contribution is -2.30. The number of rotatable bonds is 60. The molecule has 0 bridgehead atoms. The molecule has 0 amide bonds. The minimum Gasteiger partial charge on any atom is -0.469 e. The van der Waals surface area contributed by atoms with E-state index in [2.05, 4.69) is 42.6 Å². The van der Waals surface area contributed by atoms with Crippen LogP contribution in [-0.2, 0) is 229 Å².